The van der Waals surface area contributed by atoms with E-state index in [1.54, 1.807) is 6.07 Å². The van der Waals surface area contributed by atoms with Crippen LogP contribution in [-0.2, 0) is 0 Å². The first-order chi connectivity index (χ1) is 6.56. The van der Waals surface area contributed by atoms with E-state index in [0.29, 0.717) is 15.8 Å². The summed E-state index contributed by atoms with van der Waals surface area (Å²) in [7, 11) is 1.51. The van der Waals surface area contributed by atoms with Crippen molar-refractivity contribution in [1.82, 2.24) is 0 Å². The highest BCUT2D eigenvalue weighted by molar-refractivity contribution is 9.10. The van der Waals surface area contributed by atoms with Crippen LogP contribution < -0.4 is 10.5 Å². The van der Waals surface area contributed by atoms with Gasteiger partial charge in [0.1, 0.15) is 5.75 Å². The van der Waals surface area contributed by atoms with E-state index in [4.69, 9.17) is 10.5 Å². The molecule has 0 spiro atoms. The zero-order chi connectivity index (χ0) is 10.7. The van der Waals surface area contributed by atoms with Crippen LogP contribution in [0.2, 0.25) is 0 Å². The SMILES string of the molecule is COc1ccc([C@@H](N)C(F)F)cc1Br. The molecule has 0 saturated carbocycles. The third kappa shape index (κ3) is 2.42. The number of hydrogen-bond donors (Lipinski definition) is 1. The molecule has 0 aliphatic heterocycles. The summed E-state index contributed by atoms with van der Waals surface area (Å²) in [5.74, 6) is 0.593. The van der Waals surface area contributed by atoms with E-state index in [1.807, 2.05) is 0 Å². The summed E-state index contributed by atoms with van der Waals surface area (Å²) in [4.78, 5) is 0. The average Bonchev–Trinajstić information content (AvgIpc) is 2.16. The molecule has 0 aliphatic carbocycles. The van der Waals surface area contributed by atoms with Gasteiger partial charge in [0.05, 0.1) is 17.6 Å². The molecule has 0 bridgehead atoms. The van der Waals surface area contributed by atoms with Crippen LogP contribution in [-0.4, -0.2) is 13.5 Å². The van der Waals surface area contributed by atoms with Crippen molar-refractivity contribution >= 4 is 15.9 Å². The van der Waals surface area contributed by atoms with E-state index >= 15 is 0 Å². The van der Waals surface area contributed by atoms with Crippen molar-refractivity contribution < 1.29 is 13.5 Å². The van der Waals surface area contributed by atoms with Gasteiger partial charge in [-0.25, -0.2) is 8.78 Å². The third-order valence-electron chi connectivity index (χ3n) is 1.83. The number of ether oxygens (including phenoxy) is 1. The molecule has 14 heavy (non-hydrogen) atoms. The van der Waals surface area contributed by atoms with Gasteiger partial charge < -0.3 is 10.5 Å². The molecule has 0 amide bonds. The fourth-order valence-corrected chi connectivity index (χ4v) is 1.59. The fraction of sp³-hybridized carbons (Fsp3) is 0.333. The lowest BCUT2D eigenvalue weighted by atomic mass is 10.1. The number of rotatable bonds is 3. The Morgan fingerprint density at radius 1 is 1.43 bits per heavy atom. The number of methoxy groups -OCH3 is 1. The van der Waals surface area contributed by atoms with Gasteiger partial charge in [0.15, 0.2) is 0 Å². The standard InChI is InChI=1S/C9H10BrF2NO/c1-14-7-3-2-5(4-6(7)10)8(13)9(11)12/h2-4,8-9H,13H2,1H3/t8-/m1/s1. The Bertz CT molecular complexity index is 320. The van der Waals surface area contributed by atoms with E-state index in [9.17, 15) is 8.78 Å². The molecule has 0 heterocycles. The molecular weight excluding hydrogens is 256 g/mol. The average molecular weight is 266 g/mol. The first-order valence-corrected chi connectivity index (χ1v) is 4.72. The normalized spacial score (nSPS) is 13.0. The highest BCUT2D eigenvalue weighted by Gasteiger charge is 2.18. The zero-order valence-electron chi connectivity index (χ0n) is 7.51. The summed E-state index contributed by atoms with van der Waals surface area (Å²) in [6.07, 6.45) is -2.56. The predicted molar refractivity (Wildman–Crippen MR) is 53.6 cm³/mol. The molecule has 0 radical (unpaired) electrons. The summed E-state index contributed by atoms with van der Waals surface area (Å²) < 4.78 is 30.1. The van der Waals surface area contributed by atoms with Crippen molar-refractivity contribution in [2.24, 2.45) is 5.73 Å². The summed E-state index contributed by atoms with van der Waals surface area (Å²) in [6, 6.07) is 3.41. The van der Waals surface area contributed by atoms with E-state index in [1.165, 1.54) is 19.2 Å². The van der Waals surface area contributed by atoms with E-state index in [0.717, 1.165) is 0 Å². The second kappa shape index (κ2) is 4.70. The predicted octanol–water partition coefficient (Wildman–Crippen LogP) is 2.72. The van der Waals surface area contributed by atoms with E-state index in [2.05, 4.69) is 15.9 Å². The molecule has 0 saturated heterocycles. The first kappa shape index (κ1) is 11.4. The number of halogens is 3. The van der Waals surface area contributed by atoms with Gasteiger partial charge in [0, 0.05) is 0 Å². The first-order valence-electron chi connectivity index (χ1n) is 3.93. The summed E-state index contributed by atoms with van der Waals surface area (Å²) in [6.45, 7) is 0. The lowest BCUT2D eigenvalue weighted by Gasteiger charge is -2.12. The number of nitrogens with two attached hydrogens (primary N) is 1. The number of benzene rings is 1. The highest BCUT2D eigenvalue weighted by atomic mass is 79.9. The second-order valence-electron chi connectivity index (χ2n) is 2.75. The van der Waals surface area contributed by atoms with Gasteiger partial charge in [-0.05, 0) is 33.6 Å². The fourth-order valence-electron chi connectivity index (χ4n) is 1.04. The van der Waals surface area contributed by atoms with Gasteiger partial charge in [0.25, 0.3) is 6.43 Å². The van der Waals surface area contributed by atoms with Gasteiger partial charge in [-0.3, -0.25) is 0 Å². The summed E-state index contributed by atoms with van der Waals surface area (Å²) in [5, 5.41) is 0. The van der Waals surface area contributed by atoms with Crippen LogP contribution in [0.5, 0.6) is 5.75 Å². The molecule has 2 nitrogen and oxygen atoms in total. The molecule has 2 N–H and O–H groups in total. The van der Waals surface area contributed by atoms with Crippen LogP contribution in [0.1, 0.15) is 11.6 Å². The molecule has 0 fully saturated rings. The molecule has 5 heteroatoms. The molecule has 0 aliphatic rings. The maximum absolute atomic E-state index is 12.3. The lowest BCUT2D eigenvalue weighted by Crippen LogP contribution is -2.18. The van der Waals surface area contributed by atoms with Gasteiger partial charge >= 0.3 is 0 Å². The van der Waals surface area contributed by atoms with Crippen molar-refractivity contribution in [3.63, 3.8) is 0 Å². The van der Waals surface area contributed by atoms with Crippen molar-refractivity contribution in [3.8, 4) is 5.75 Å². The highest BCUT2D eigenvalue weighted by Crippen LogP contribution is 2.28. The van der Waals surface area contributed by atoms with Crippen molar-refractivity contribution in [2.75, 3.05) is 7.11 Å². The van der Waals surface area contributed by atoms with Crippen molar-refractivity contribution in [1.29, 1.82) is 0 Å². The molecular formula is C9H10BrF2NO. The molecule has 1 rings (SSSR count). The molecule has 0 unspecified atom stereocenters. The summed E-state index contributed by atoms with van der Waals surface area (Å²) in [5.41, 5.74) is 5.67. The quantitative estimate of drug-likeness (QED) is 0.912. The van der Waals surface area contributed by atoms with Crippen LogP contribution >= 0.6 is 15.9 Å². The Hall–Kier alpha value is -0.680. The monoisotopic (exact) mass is 265 g/mol. The Morgan fingerprint density at radius 3 is 2.50 bits per heavy atom. The smallest absolute Gasteiger partial charge is 0.257 e. The van der Waals surface area contributed by atoms with Gasteiger partial charge in [-0.15, -0.1) is 0 Å². The minimum absolute atomic E-state index is 0.382. The van der Waals surface area contributed by atoms with Crippen LogP contribution in [0, 0.1) is 0 Å². The number of alkyl halides is 2. The van der Waals surface area contributed by atoms with Crippen molar-refractivity contribution in [3.05, 3.63) is 28.2 Å². The maximum Gasteiger partial charge on any atom is 0.257 e. The third-order valence-corrected chi connectivity index (χ3v) is 2.45. The molecule has 78 valence electrons. The minimum atomic E-state index is -2.56. The lowest BCUT2D eigenvalue weighted by molar-refractivity contribution is 0.116. The Kier molecular flexibility index (Phi) is 3.83. The molecule has 1 atom stereocenters. The van der Waals surface area contributed by atoms with Gasteiger partial charge in [-0.2, -0.15) is 0 Å². The van der Waals surface area contributed by atoms with Crippen molar-refractivity contribution in [2.45, 2.75) is 12.5 Å². The topological polar surface area (TPSA) is 35.2 Å². The van der Waals surface area contributed by atoms with Gasteiger partial charge in [0.2, 0.25) is 0 Å². The minimum Gasteiger partial charge on any atom is -0.496 e. The molecule has 1 aromatic rings. The Balaban J connectivity index is 2.96. The second-order valence-corrected chi connectivity index (χ2v) is 3.61. The van der Waals surface area contributed by atoms with Gasteiger partial charge in [-0.1, -0.05) is 6.07 Å². The van der Waals surface area contributed by atoms with Crippen LogP contribution in [0.25, 0.3) is 0 Å². The largest absolute Gasteiger partial charge is 0.496 e. The molecule has 0 aromatic heterocycles. The summed E-state index contributed by atoms with van der Waals surface area (Å²) >= 11 is 3.20. The van der Waals surface area contributed by atoms with Crippen LogP contribution in [0.15, 0.2) is 22.7 Å². The zero-order valence-corrected chi connectivity index (χ0v) is 9.09. The van der Waals surface area contributed by atoms with E-state index < -0.39 is 12.5 Å². The Morgan fingerprint density at radius 2 is 2.07 bits per heavy atom. The maximum atomic E-state index is 12.3. The van der Waals surface area contributed by atoms with E-state index in [-0.39, 0.29) is 0 Å². The Labute approximate surface area is 89.2 Å². The number of hydrogen-bond acceptors (Lipinski definition) is 2. The van der Waals surface area contributed by atoms with Crippen LogP contribution in [0.4, 0.5) is 8.78 Å². The molecule has 1 aromatic carbocycles. The van der Waals surface area contributed by atoms with Crippen LogP contribution in [0.3, 0.4) is 0 Å².